The van der Waals surface area contributed by atoms with Crippen molar-refractivity contribution in [1.82, 2.24) is 25.7 Å². The molecule has 1 heterocycles. The summed E-state index contributed by atoms with van der Waals surface area (Å²) < 4.78 is 35.5. The average molecular weight is 315 g/mol. The van der Waals surface area contributed by atoms with Crippen molar-refractivity contribution < 1.29 is 22.8 Å². The van der Waals surface area contributed by atoms with Crippen molar-refractivity contribution in [2.24, 2.45) is 0 Å². The third-order valence-electron chi connectivity index (χ3n) is 2.47. The van der Waals surface area contributed by atoms with E-state index in [2.05, 4.69) is 20.2 Å². The van der Waals surface area contributed by atoms with Crippen LogP contribution in [0.5, 0.6) is 0 Å². The second-order valence-corrected chi connectivity index (χ2v) is 4.44. The number of alkyl halides is 3. The number of hydrogen-bond acceptors (Lipinski definition) is 5. The van der Waals surface area contributed by atoms with E-state index >= 15 is 0 Å². The molecule has 10 heteroatoms. The molecule has 0 fully saturated rings. The number of nitrogens with zero attached hydrogens (tertiary/aromatic N) is 4. The molecule has 0 spiro atoms. The Bertz CT molecular complexity index is 639. The molecule has 1 amide bonds. The summed E-state index contributed by atoms with van der Waals surface area (Å²) in [5.74, 6) is -0.513. The summed E-state index contributed by atoms with van der Waals surface area (Å²) in [6.45, 7) is -0.0474. The SMILES string of the molecule is Cc1ccc(-c2nnn(CC(=O)NOCC(F)(F)F)n2)cc1. The van der Waals surface area contributed by atoms with Crippen LogP contribution in [0.3, 0.4) is 0 Å². The van der Waals surface area contributed by atoms with Gasteiger partial charge >= 0.3 is 6.18 Å². The van der Waals surface area contributed by atoms with Gasteiger partial charge in [0.05, 0.1) is 0 Å². The summed E-state index contributed by atoms with van der Waals surface area (Å²) in [6.07, 6.45) is -4.52. The van der Waals surface area contributed by atoms with Crippen molar-refractivity contribution in [2.45, 2.75) is 19.6 Å². The second kappa shape index (κ2) is 6.52. The van der Waals surface area contributed by atoms with Crippen molar-refractivity contribution in [3.63, 3.8) is 0 Å². The molecule has 0 saturated carbocycles. The number of carbonyl (C=O) groups excluding carboxylic acids is 1. The standard InChI is InChI=1S/C12H12F3N5O2/c1-8-2-4-9(5-3-8)11-16-19-20(17-11)6-10(21)18-22-7-12(13,14)15/h2-5H,6-7H2,1H3,(H,18,21). The van der Waals surface area contributed by atoms with Gasteiger partial charge in [0, 0.05) is 5.56 Å². The molecular weight excluding hydrogens is 303 g/mol. The number of amides is 1. The predicted octanol–water partition coefficient (Wildman–Crippen LogP) is 1.26. The van der Waals surface area contributed by atoms with E-state index in [1.807, 2.05) is 19.1 Å². The topological polar surface area (TPSA) is 81.9 Å². The van der Waals surface area contributed by atoms with E-state index in [0.29, 0.717) is 11.4 Å². The van der Waals surface area contributed by atoms with Gasteiger partial charge in [-0.1, -0.05) is 29.8 Å². The van der Waals surface area contributed by atoms with E-state index in [-0.39, 0.29) is 0 Å². The molecule has 2 aromatic rings. The van der Waals surface area contributed by atoms with Gasteiger partial charge < -0.3 is 0 Å². The van der Waals surface area contributed by atoms with Crippen LogP contribution in [0.2, 0.25) is 0 Å². The van der Waals surface area contributed by atoms with Crippen LogP contribution in [0.25, 0.3) is 11.4 Å². The number of hydroxylamine groups is 1. The highest BCUT2D eigenvalue weighted by atomic mass is 19.4. The van der Waals surface area contributed by atoms with Crippen LogP contribution < -0.4 is 5.48 Å². The van der Waals surface area contributed by atoms with Crippen LogP contribution in [-0.4, -0.2) is 38.9 Å². The number of rotatable bonds is 5. The lowest BCUT2D eigenvalue weighted by Gasteiger charge is -2.07. The average Bonchev–Trinajstić information content (AvgIpc) is 2.86. The summed E-state index contributed by atoms with van der Waals surface area (Å²) in [5.41, 5.74) is 3.44. The first kappa shape index (κ1) is 15.9. The Kier molecular flexibility index (Phi) is 4.71. The lowest BCUT2D eigenvalue weighted by molar-refractivity contribution is -0.192. The third-order valence-corrected chi connectivity index (χ3v) is 2.47. The molecule has 22 heavy (non-hydrogen) atoms. The highest BCUT2D eigenvalue weighted by Gasteiger charge is 2.28. The van der Waals surface area contributed by atoms with Gasteiger partial charge in [-0.05, 0) is 12.1 Å². The molecule has 0 aliphatic rings. The molecule has 1 aromatic carbocycles. The summed E-state index contributed by atoms with van der Waals surface area (Å²) in [7, 11) is 0. The van der Waals surface area contributed by atoms with E-state index < -0.39 is 25.2 Å². The second-order valence-electron chi connectivity index (χ2n) is 4.44. The molecule has 0 aliphatic carbocycles. The van der Waals surface area contributed by atoms with Crippen molar-refractivity contribution in [2.75, 3.05) is 6.61 Å². The summed E-state index contributed by atoms with van der Waals surface area (Å²) in [6, 6.07) is 7.33. The summed E-state index contributed by atoms with van der Waals surface area (Å²) >= 11 is 0. The predicted molar refractivity (Wildman–Crippen MR) is 68.1 cm³/mol. The molecule has 1 N–H and O–H groups in total. The number of aryl methyl sites for hydroxylation is 1. The molecule has 0 bridgehead atoms. The fraction of sp³-hybridized carbons (Fsp3) is 0.333. The van der Waals surface area contributed by atoms with Crippen molar-refractivity contribution in [3.05, 3.63) is 29.8 Å². The van der Waals surface area contributed by atoms with E-state index in [1.54, 1.807) is 17.6 Å². The van der Waals surface area contributed by atoms with Crippen LogP contribution in [0.15, 0.2) is 24.3 Å². The first-order valence-corrected chi connectivity index (χ1v) is 6.16. The fourth-order valence-electron chi connectivity index (χ4n) is 1.49. The zero-order valence-corrected chi connectivity index (χ0v) is 11.5. The van der Waals surface area contributed by atoms with E-state index in [4.69, 9.17) is 0 Å². The number of nitrogens with one attached hydrogen (secondary N) is 1. The Balaban J connectivity index is 1.89. The third kappa shape index (κ3) is 4.81. The summed E-state index contributed by atoms with van der Waals surface area (Å²) in [4.78, 5) is 16.3. The Morgan fingerprint density at radius 2 is 2.00 bits per heavy atom. The molecule has 0 atom stereocenters. The molecule has 118 valence electrons. The molecule has 0 aliphatic heterocycles. The van der Waals surface area contributed by atoms with Gasteiger partial charge in [0.1, 0.15) is 6.54 Å². The van der Waals surface area contributed by atoms with Crippen molar-refractivity contribution >= 4 is 5.91 Å². The Morgan fingerprint density at radius 3 is 2.64 bits per heavy atom. The maximum Gasteiger partial charge on any atom is 0.414 e. The minimum atomic E-state index is -4.52. The van der Waals surface area contributed by atoms with Crippen LogP contribution in [0, 0.1) is 6.92 Å². The van der Waals surface area contributed by atoms with Crippen LogP contribution in [-0.2, 0) is 16.2 Å². The monoisotopic (exact) mass is 315 g/mol. The Morgan fingerprint density at radius 1 is 1.32 bits per heavy atom. The number of benzene rings is 1. The number of hydrogen-bond donors (Lipinski definition) is 1. The highest BCUT2D eigenvalue weighted by molar-refractivity contribution is 5.74. The Hall–Kier alpha value is -2.49. The number of tetrazole rings is 1. The molecule has 2 rings (SSSR count). The molecule has 0 unspecified atom stereocenters. The maximum atomic E-state index is 11.8. The number of carbonyl (C=O) groups is 1. The highest BCUT2D eigenvalue weighted by Crippen LogP contribution is 2.14. The minimum Gasteiger partial charge on any atom is -0.271 e. The zero-order chi connectivity index (χ0) is 16.2. The molecule has 0 saturated heterocycles. The molecule has 7 nitrogen and oxygen atoms in total. The fourth-order valence-corrected chi connectivity index (χ4v) is 1.49. The Labute approximate surface area is 123 Å². The van der Waals surface area contributed by atoms with Crippen LogP contribution >= 0.6 is 0 Å². The van der Waals surface area contributed by atoms with Gasteiger partial charge in [0.25, 0.3) is 5.91 Å². The number of halogens is 3. The smallest absolute Gasteiger partial charge is 0.271 e. The quantitative estimate of drug-likeness (QED) is 0.840. The van der Waals surface area contributed by atoms with Crippen molar-refractivity contribution in [1.29, 1.82) is 0 Å². The van der Waals surface area contributed by atoms with Crippen LogP contribution in [0.4, 0.5) is 13.2 Å². The van der Waals surface area contributed by atoms with E-state index in [9.17, 15) is 18.0 Å². The van der Waals surface area contributed by atoms with Gasteiger partial charge in [0.2, 0.25) is 5.82 Å². The lowest BCUT2D eigenvalue weighted by atomic mass is 10.1. The number of aromatic nitrogens is 4. The van der Waals surface area contributed by atoms with Crippen LogP contribution in [0.1, 0.15) is 5.56 Å². The van der Waals surface area contributed by atoms with Gasteiger partial charge in [-0.3, -0.25) is 9.63 Å². The first-order chi connectivity index (χ1) is 10.3. The minimum absolute atomic E-state index is 0.309. The lowest BCUT2D eigenvalue weighted by Crippen LogP contribution is -2.32. The van der Waals surface area contributed by atoms with Crippen molar-refractivity contribution in [3.8, 4) is 11.4 Å². The largest absolute Gasteiger partial charge is 0.414 e. The summed E-state index contributed by atoms with van der Waals surface area (Å²) in [5, 5.41) is 11.4. The normalized spacial score (nSPS) is 11.5. The van der Waals surface area contributed by atoms with Gasteiger partial charge in [0.15, 0.2) is 6.61 Å². The first-order valence-electron chi connectivity index (χ1n) is 6.16. The molecule has 0 radical (unpaired) electrons. The van der Waals surface area contributed by atoms with Gasteiger partial charge in [-0.15, -0.1) is 10.2 Å². The molecule has 1 aromatic heterocycles. The van der Waals surface area contributed by atoms with E-state index in [1.165, 1.54) is 0 Å². The zero-order valence-electron chi connectivity index (χ0n) is 11.5. The van der Waals surface area contributed by atoms with Gasteiger partial charge in [-0.25, -0.2) is 5.48 Å². The maximum absolute atomic E-state index is 11.8. The molecular formula is C12H12F3N5O2. The van der Waals surface area contributed by atoms with Gasteiger partial charge in [-0.2, -0.15) is 18.0 Å². The van der Waals surface area contributed by atoms with E-state index in [0.717, 1.165) is 10.4 Å².